The molecular formula is C26H27N7O2. The SMILES string of the molecule is Cc1n[nH]c2c1c(CC1CCC(C(=O)O)CC1)nc1c(-c3ccc(-c4ccn(C)c4)nc3)cnn12. The van der Waals surface area contributed by atoms with Gasteiger partial charge in [0, 0.05) is 42.3 Å². The van der Waals surface area contributed by atoms with Crippen LogP contribution in [-0.2, 0) is 18.3 Å². The number of nitrogens with one attached hydrogen (secondary N) is 1. The molecule has 0 spiro atoms. The second-order valence-electron chi connectivity index (χ2n) is 9.64. The van der Waals surface area contributed by atoms with E-state index in [0.29, 0.717) is 5.92 Å². The van der Waals surface area contributed by atoms with Crippen LogP contribution < -0.4 is 0 Å². The summed E-state index contributed by atoms with van der Waals surface area (Å²) in [5.74, 6) is -0.478. The van der Waals surface area contributed by atoms with Gasteiger partial charge < -0.3 is 9.67 Å². The molecule has 1 aliphatic carbocycles. The molecule has 178 valence electrons. The third-order valence-electron chi connectivity index (χ3n) is 7.29. The molecule has 0 aliphatic heterocycles. The van der Waals surface area contributed by atoms with Crippen molar-refractivity contribution in [1.82, 2.24) is 34.3 Å². The van der Waals surface area contributed by atoms with E-state index in [0.717, 1.165) is 82.6 Å². The molecule has 9 heteroatoms. The number of hydrogen-bond donors (Lipinski definition) is 2. The van der Waals surface area contributed by atoms with Crippen LogP contribution >= 0.6 is 0 Å². The Morgan fingerprint density at radius 2 is 1.97 bits per heavy atom. The van der Waals surface area contributed by atoms with Gasteiger partial charge in [-0.3, -0.25) is 14.9 Å². The number of carbonyl (C=O) groups is 1. The molecule has 35 heavy (non-hydrogen) atoms. The summed E-state index contributed by atoms with van der Waals surface area (Å²) in [7, 11) is 2.00. The first-order valence-corrected chi connectivity index (χ1v) is 12.0. The van der Waals surface area contributed by atoms with E-state index in [1.807, 2.05) is 60.0 Å². The van der Waals surface area contributed by atoms with Gasteiger partial charge in [0.1, 0.15) is 0 Å². The third-order valence-corrected chi connectivity index (χ3v) is 7.29. The van der Waals surface area contributed by atoms with Crippen LogP contribution in [0.4, 0.5) is 0 Å². The number of carboxylic acids is 1. The molecule has 9 nitrogen and oxygen atoms in total. The number of aromatic nitrogens is 7. The van der Waals surface area contributed by atoms with Gasteiger partial charge in [-0.15, -0.1) is 0 Å². The van der Waals surface area contributed by atoms with Gasteiger partial charge in [-0.25, -0.2) is 4.98 Å². The Hall–Kier alpha value is -4.01. The Balaban J connectivity index is 1.37. The number of hydrogen-bond acceptors (Lipinski definition) is 5. The van der Waals surface area contributed by atoms with Crippen molar-refractivity contribution in [2.24, 2.45) is 18.9 Å². The summed E-state index contributed by atoms with van der Waals surface area (Å²) in [6.45, 7) is 1.98. The summed E-state index contributed by atoms with van der Waals surface area (Å²) in [6, 6.07) is 6.13. The number of aryl methyl sites for hydroxylation is 2. The first-order chi connectivity index (χ1) is 17.0. The molecule has 5 heterocycles. The van der Waals surface area contributed by atoms with Crippen LogP contribution in [0.1, 0.15) is 37.1 Å². The normalized spacial score (nSPS) is 18.5. The predicted molar refractivity (Wildman–Crippen MR) is 132 cm³/mol. The number of aromatic amines is 1. The lowest BCUT2D eigenvalue weighted by Crippen LogP contribution is -2.22. The number of fused-ring (bicyclic) bond motifs is 3. The van der Waals surface area contributed by atoms with E-state index < -0.39 is 5.97 Å². The summed E-state index contributed by atoms with van der Waals surface area (Å²) in [5, 5.41) is 22.6. The van der Waals surface area contributed by atoms with Crippen LogP contribution in [0, 0.1) is 18.8 Å². The molecule has 1 saturated carbocycles. The van der Waals surface area contributed by atoms with E-state index in [4.69, 9.17) is 4.98 Å². The smallest absolute Gasteiger partial charge is 0.306 e. The average molecular weight is 470 g/mol. The zero-order valence-electron chi connectivity index (χ0n) is 19.8. The minimum atomic E-state index is -0.674. The molecule has 0 saturated heterocycles. The fourth-order valence-electron chi connectivity index (χ4n) is 5.33. The van der Waals surface area contributed by atoms with E-state index in [2.05, 4.69) is 26.3 Å². The molecular weight excluding hydrogens is 442 g/mol. The maximum absolute atomic E-state index is 11.4. The first kappa shape index (κ1) is 21.5. The standard InChI is InChI=1S/C26H27N7O2/c1-15-23-22(11-16-3-5-17(6-4-16)26(34)35)29-24-20(13-28-33(24)25(23)31-30-15)18-7-8-21(27-12-18)19-9-10-32(2)14-19/h7-10,12-14,16-17H,3-6,11H2,1-2H3,(H,30,31)(H,34,35). The molecule has 1 fully saturated rings. The molecule has 5 aromatic heterocycles. The number of rotatable bonds is 5. The highest BCUT2D eigenvalue weighted by Crippen LogP contribution is 2.34. The van der Waals surface area contributed by atoms with E-state index >= 15 is 0 Å². The Bertz CT molecular complexity index is 1540. The highest BCUT2D eigenvalue weighted by molar-refractivity contribution is 5.87. The van der Waals surface area contributed by atoms with E-state index in [-0.39, 0.29) is 5.92 Å². The van der Waals surface area contributed by atoms with Gasteiger partial charge >= 0.3 is 5.97 Å². The molecule has 5 aromatic rings. The molecule has 0 atom stereocenters. The Morgan fingerprint density at radius 1 is 1.14 bits per heavy atom. The fraction of sp³-hybridized carbons (Fsp3) is 0.346. The van der Waals surface area contributed by atoms with Crippen LogP contribution in [0.3, 0.4) is 0 Å². The molecule has 1 aliphatic rings. The maximum Gasteiger partial charge on any atom is 0.306 e. The minimum absolute atomic E-state index is 0.217. The average Bonchev–Trinajstić information content (AvgIpc) is 3.58. The number of aliphatic carboxylic acids is 1. The van der Waals surface area contributed by atoms with Gasteiger partial charge in [-0.1, -0.05) is 6.07 Å². The topological polar surface area (TPSA) is 114 Å². The number of H-pyrrole nitrogens is 1. The molecule has 0 aromatic carbocycles. The van der Waals surface area contributed by atoms with E-state index in [1.165, 1.54) is 0 Å². The van der Waals surface area contributed by atoms with Gasteiger partial charge in [0.25, 0.3) is 0 Å². The van der Waals surface area contributed by atoms with Gasteiger partial charge in [-0.2, -0.15) is 14.7 Å². The minimum Gasteiger partial charge on any atom is -0.481 e. The lowest BCUT2D eigenvalue weighted by atomic mass is 9.80. The van der Waals surface area contributed by atoms with Gasteiger partial charge in [0.05, 0.1) is 34.6 Å². The van der Waals surface area contributed by atoms with Crippen molar-refractivity contribution >= 4 is 22.6 Å². The highest BCUT2D eigenvalue weighted by Gasteiger charge is 2.27. The van der Waals surface area contributed by atoms with Crippen molar-refractivity contribution in [3.8, 4) is 22.4 Å². The zero-order valence-corrected chi connectivity index (χ0v) is 19.8. The third kappa shape index (κ3) is 3.77. The van der Waals surface area contributed by atoms with E-state index in [1.54, 1.807) is 0 Å². The van der Waals surface area contributed by atoms with Crippen molar-refractivity contribution in [3.63, 3.8) is 0 Å². The largest absolute Gasteiger partial charge is 0.481 e. The summed E-state index contributed by atoms with van der Waals surface area (Å²) < 4.78 is 3.83. The molecule has 0 radical (unpaired) electrons. The lowest BCUT2D eigenvalue weighted by Gasteiger charge is -2.26. The number of pyridine rings is 1. The van der Waals surface area contributed by atoms with Crippen molar-refractivity contribution < 1.29 is 9.90 Å². The molecule has 6 rings (SSSR count). The van der Waals surface area contributed by atoms with Gasteiger partial charge in [0.2, 0.25) is 0 Å². The lowest BCUT2D eigenvalue weighted by molar-refractivity contribution is -0.143. The van der Waals surface area contributed by atoms with Crippen LogP contribution in [0.5, 0.6) is 0 Å². The molecule has 0 unspecified atom stereocenters. The van der Waals surface area contributed by atoms with Gasteiger partial charge in [0.15, 0.2) is 11.3 Å². The van der Waals surface area contributed by atoms with Crippen LogP contribution in [0.15, 0.2) is 43.0 Å². The van der Waals surface area contributed by atoms with Crippen LogP contribution in [0.2, 0.25) is 0 Å². The fourth-order valence-corrected chi connectivity index (χ4v) is 5.33. The highest BCUT2D eigenvalue weighted by atomic mass is 16.4. The van der Waals surface area contributed by atoms with Crippen molar-refractivity contribution in [2.75, 3.05) is 0 Å². The monoisotopic (exact) mass is 469 g/mol. The Morgan fingerprint density at radius 3 is 2.66 bits per heavy atom. The maximum atomic E-state index is 11.4. The second-order valence-corrected chi connectivity index (χ2v) is 9.64. The van der Waals surface area contributed by atoms with Crippen molar-refractivity contribution in [1.29, 1.82) is 0 Å². The summed E-state index contributed by atoms with van der Waals surface area (Å²) >= 11 is 0. The Kier molecular flexibility index (Phi) is 5.12. The zero-order chi connectivity index (χ0) is 24.1. The number of nitrogens with zero attached hydrogens (tertiary/aromatic N) is 6. The summed E-state index contributed by atoms with van der Waals surface area (Å²) in [6.07, 6.45) is 11.8. The van der Waals surface area contributed by atoms with Crippen molar-refractivity contribution in [3.05, 3.63) is 54.4 Å². The van der Waals surface area contributed by atoms with E-state index in [9.17, 15) is 9.90 Å². The summed E-state index contributed by atoms with van der Waals surface area (Å²) in [5.41, 5.74) is 7.36. The van der Waals surface area contributed by atoms with Crippen LogP contribution in [-0.4, -0.2) is 45.4 Å². The van der Waals surface area contributed by atoms with Crippen LogP contribution in [0.25, 0.3) is 39.1 Å². The van der Waals surface area contributed by atoms with Crippen molar-refractivity contribution in [2.45, 2.75) is 39.0 Å². The molecule has 0 amide bonds. The summed E-state index contributed by atoms with van der Waals surface area (Å²) in [4.78, 5) is 21.1. The molecule has 2 N–H and O–H groups in total. The Labute approximate surface area is 201 Å². The number of carboxylic acid groups (broad SMARTS) is 1. The first-order valence-electron chi connectivity index (χ1n) is 12.0. The van der Waals surface area contributed by atoms with Gasteiger partial charge in [-0.05, 0) is 57.1 Å². The quantitative estimate of drug-likeness (QED) is 0.394. The molecule has 0 bridgehead atoms. The second kappa shape index (κ2) is 8.33. The predicted octanol–water partition coefficient (Wildman–Crippen LogP) is 4.42.